The maximum atomic E-state index is 14.0. The van der Waals surface area contributed by atoms with Crippen LogP contribution < -0.4 is 0 Å². The number of rotatable bonds is 2. The number of hydrogen-bond donors (Lipinski definition) is 0. The molecular weight excluding hydrogens is 331 g/mol. The van der Waals surface area contributed by atoms with Crippen LogP contribution in [-0.4, -0.2) is 54.6 Å². The van der Waals surface area contributed by atoms with Gasteiger partial charge in [0.05, 0.1) is 11.5 Å². The van der Waals surface area contributed by atoms with Gasteiger partial charge in [-0.25, -0.2) is 9.18 Å². The lowest BCUT2D eigenvalue weighted by atomic mass is 10.1. The van der Waals surface area contributed by atoms with E-state index in [1.165, 1.54) is 17.4 Å². The molecular formula is C17H19FN2O3S. The zero-order chi connectivity index (χ0) is 17.3. The van der Waals surface area contributed by atoms with Gasteiger partial charge in [0.25, 0.3) is 5.91 Å². The lowest BCUT2D eigenvalue weighted by molar-refractivity contribution is 0.0574. The third-order valence-corrected chi connectivity index (χ3v) is 5.44. The number of halogens is 1. The van der Waals surface area contributed by atoms with Gasteiger partial charge in [0, 0.05) is 36.3 Å². The van der Waals surface area contributed by atoms with Gasteiger partial charge in [-0.2, -0.15) is 0 Å². The number of nitrogens with zero attached hydrogens (tertiary/aromatic N) is 2. The Hall–Kier alpha value is -2.15. The molecule has 1 aliphatic rings. The number of ether oxygens (including phenoxy) is 1. The van der Waals surface area contributed by atoms with Gasteiger partial charge in [0.15, 0.2) is 0 Å². The second kappa shape index (κ2) is 6.76. The van der Waals surface area contributed by atoms with Crippen molar-refractivity contribution in [3.05, 3.63) is 34.5 Å². The van der Waals surface area contributed by atoms with E-state index in [2.05, 4.69) is 0 Å². The Balaban J connectivity index is 1.76. The number of carbonyl (C=O) groups excluding carboxylic acids is 2. The fourth-order valence-corrected chi connectivity index (χ4v) is 4.10. The van der Waals surface area contributed by atoms with Crippen molar-refractivity contribution in [3.63, 3.8) is 0 Å². The van der Waals surface area contributed by atoms with Crippen LogP contribution in [-0.2, 0) is 4.74 Å². The minimum atomic E-state index is -0.343. The van der Waals surface area contributed by atoms with Crippen molar-refractivity contribution in [1.82, 2.24) is 9.80 Å². The van der Waals surface area contributed by atoms with Gasteiger partial charge < -0.3 is 14.5 Å². The van der Waals surface area contributed by atoms with Crippen molar-refractivity contribution in [2.45, 2.75) is 13.8 Å². The summed E-state index contributed by atoms with van der Waals surface area (Å²) in [6, 6.07) is 4.89. The fraction of sp³-hybridized carbons (Fsp3) is 0.412. The SMILES string of the molecule is CCOC(=O)N1CCN(C(=O)c2sc3cccc(F)c3c2C)CC1. The first kappa shape index (κ1) is 16.7. The van der Waals surface area contributed by atoms with Gasteiger partial charge in [-0.3, -0.25) is 4.79 Å². The Bertz CT molecular complexity index is 781. The molecule has 1 aliphatic heterocycles. The van der Waals surface area contributed by atoms with E-state index in [0.29, 0.717) is 48.6 Å². The summed E-state index contributed by atoms with van der Waals surface area (Å²) in [4.78, 5) is 28.4. The molecule has 2 amide bonds. The highest BCUT2D eigenvalue weighted by molar-refractivity contribution is 7.21. The Morgan fingerprint density at radius 1 is 1.21 bits per heavy atom. The molecule has 7 heteroatoms. The maximum absolute atomic E-state index is 14.0. The molecule has 1 aromatic heterocycles. The van der Waals surface area contributed by atoms with Crippen molar-refractivity contribution in [2.24, 2.45) is 0 Å². The molecule has 0 atom stereocenters. The highest BCUT2D eigenvalue weighted by atomic mass is 32.1. The monoisotopic (exact) mass is 350 g/mol. The first-order valence-corrected chi connectivity index (χ1v) is 8.73. The van der Waals surface area contributed by atoms with Gasteiger partial charge in [-0.1, -0.05) is 6.07 Å². The van der Waals surface area contributed by atoms with E-state index in [0.717, 1.165) is 4.70 Å². The Labute approximate surface area is 143 Å². The molecule has 0 bridgehead atoms. The molecule has 1 fully saturated rings. The van der Waals surface area contributed by atoms with Crippen LogP contribution in [0.3, 0.4) is 0 Å². The summed E-state index contributed by atoms with van der Waals surface area (Å²) in [5.74, 6) is -0.399. The molecule has 0 aliphatic carbocycles. The number of hydrogen-bond acceptors (Lipinski definition) is 4. The summed E-state index contributed by atoms with van der Waals surface area (Å²) in [6.45, 7) is 5.68. The second-order valence-electron chi connectivity index (χ2n) is 5.65. The van der Waals surface area contributed by atoms with Crippen molar-refractivity contribution in [2.75, 3.05) is 32.8 Å². The number of thiophene rings is 1. The topological polar surface area (TPSA) is 49.9 Å². The van der Waals surface area contributed by atoms with E-state index in [4.69, 9.17) is 4.74 Å². The van der Waals surface area contributed by atoms with Crippen molar-refractivity contribution < 1.29 is 18.7 Å². The predicted molar refractivity (Wildman–Crippen MR) is 91.0 cm³/mol. The third kappa shape index (κ3) is 2.96. The quantitative estimate of drug-likeness (QED) is 0.835. The largest absolute Gasteiger partial charge is 0.450 e. The minimum Gasteiger partial charge on any atom is -0.450 e. The number of fused-ring (bicyclic) bond motifs is 1. The van der Waals surface area contributed by atoms with E-state index < -0.39 is 0 Å². The molecule has 3 rings (SSSR count). The lowest BCUT2D eigenvalue weighted by Crippen LogP contribution is -2.50. The highest BCUT2D eigenvalue weighted by Crippen LogP contribution is 2.33. The lowest BCUT2D eigenvalue weighted by Gasteiger charge is -2.33. The molecule has 1 aromatic carbocycles. The van der Waals surface area contributed by atoms with Crippen LogP contribution >= 0.6 is 11.3 Å². The van der Waals surface area contributed by atoms with Crippen LogP contribution in [0.2, 0.25) is 0 Å². The molecule has 0 N–H and O–H groups in total. The number of benzene rings is 1. The van der Waals surface area contributed by atoms with Gasteiger partial charge in [-0.05, 0) is 31.5 Å². The first-order valence-electron chi connectivity index (χ1n) is 7.91. The molecule has 0 radical (unpaired) electrons. The molecule has 2 heterocycles. The smallest absolute Gasteiger partial charge is 0.409 e. The zero-order valence-corrected chi connectivity index (χ0v) is 14.5. The van der Waals surface area contributed by atoms with E-state index in [-0.39, 0.29) is 17.8 Å². The number of piperazine rings is 1. The van der Waals surface area contributed by atoms with Crippen LogP contribution in [0.15, 0.2) is 18.2 Å². The summed E-state index contributed by atoms with van der Waals surface area (Å²) >= 11 is 1.32. The highest BCUT2D eigenvalue weighted by Gasteiger charge is 2.28. The summed E-state index contributed by atoms with van der Waals surface area (Å²) in [7, 11) is 0. The van der Waals surface area contributed by atoms with Gasteiger partial charge in [0.1, 0.15) is 5.82 Å². The van der Waals surface area contributed by atoms with Gasteiger partial charge in [-0.15, -0.1) is 11.3 Å². The van der Waals surface area contributed by atoms with E-state index in [9.17, 15) is 14.0 Å². The van der Waals surface area contributed by atoms with Crippen LogP contribution in [0.4, 0.5) is 9.18 Å². The number of aryl methyl sites for hydroxylation is 1. The summed E-state index contributed by atoms with van der Waals surface area (Å²) < 4.78 is 19.8. The first-order chi connectivity index (χ1) is 11.5. The van der Waals surface area contributed by atoms with E-state index in [1.54, 1.807) is 29.7 Å². The van der Waals surface area contributed by atoms with Crippen molar-refractivity contribution >= 4 is 33.4 Å². The molecule has 1 saturated heterocycles. The van der Waals surface area contributed by atoms with Crippen LogP contribution in [0.1, 0.15) is 22.2 Å². The second-order valence-corrected chi connectivity index (χ2v) is 6.70. The fourth-order valence-electron chi connectivity index (χ4n) is 2.91. The molecule has 0 unspecified atom stereocenters. The molecule has 0 spiro atoms. The Kier molecular flexibility index (Phi) is 4.71. The van der Waals surface area contributed by atoms with Crippen molar-refractivity contribution in [3.8, 4) is 0 Å². The van der Waals surface area contributed by atoms with Crippen molar-refractivity contribution in [1.29, 1.82) is 0 Å². The predicted octanol–water partition coefficient (Wildman–Crippen LogP) is 3.26. The van der Waals surface area contributed by atoms with E-state index >= 15 is 0 Å². The molecule has 5 nitrogen and oxygen atoms in total. The molecule has 2 aromatic rings. The standard InChI is InChI=1S/C17H19FN2O3S/c1-3-23-17(22)20-9-7-19(8-10-20)16(21)15-11(2)14-12(18)5-4-6-13(14)24-15/h4-6H,3,7-10H2,1-2H3. The summed E-state index contributed by atoms with van der Waals surface area (Å²) in [6.07, 6.45) is -0.343. The van der Waals surface area contributed by atoms with E-state index in [1.807, 2.05) is 6.07 Å². The molecule has 24 heavy (non-hydrogen) atoms. The number of carbonyl (C=O) groups is 2. The van der Waals surface area contributed by atoms with Crippen LogP contribution in [0, 0.1) is 12.7 Å². The number of amides is 2. The van der Waals surface area contributed by atoms with Crippen LogP contribution in [0.5, 0.6) is 0 Å². The molecule has 128 valence electrons. The summed E-state index contributed by atoms with van der Waals surface area (Å²) in [5.41, 5.74) is 0.686. The molecule has 0 saturated carbocycles. The average molecular weight is 350 g/mol. The van der Waals surface area contributed by atoms with Crippen LogP contribution in [0.25, 0.3) is 10.1 Å². The minimum absolute atomic E-state index is 0.100. The zero-order valence-electron chi connectivity index (χ0n) is 13.7. The van der Waals surface area contributed by atoms with Gasteiger partial charge >= 0.3 is 6.09 Å². The normalized spacial score (nSPS) is 15.0. The summed E-state index contributed by atoms with van der Waals surface area (Å²) in [5, 5.41) is 0.524. The third-order valence-electron chi connectivity index (χ3n) is 4.19. The van der Waals surface area contributed by atoms with Gasteiger partial charge in [0.2, 0.25) is 0 Å². The maximum Gasteiger partial charge on any atom is 0.409 e. The average Bonchev–Trinajstić information content (AvgIpc) is 2.93. The Morgan fingerprint density at radius 3 is 2.50 bits per heavy atom. The Morgan fingerprint density at radius 2 is 1.88 bits per heavy atom.